The van der Waals surface area contributed by atoms with Gasteiger partial charge in [0.05, 0.1) is 6.20 Å². The molecule has 1 aromatic heterocycles. The quantitative estimate of drug-likeness (QED) is 0.891. The minimum Gasteiger partial charge on any atom is -0.486 e. The Labute approximate surface area is 119 Å². The largest absolute Gasteiger partial charge is 0.486 e. The smallest absolute Gasteiger partial charge is 0.165 e. The van der Waals surface area contributed by atoms with Crippen LogP contribution in [0, 0.1) is 0 Å². The Morgan fingerprint density at radius 2 is 2.21 bits per heavy atom. The van der Waals surface area contributed by atoms with Crippen molar-refractivity contribution in [2.75, 3.05) is 18.9 Å². The van der Waals surface area contributed by atoms with Gasteiger partial charge in [0, 0.05) is 21.2 Å². The number of hydrogen-bond donors (Lipinski definition) is 2. The normalized spacial score (nSPS) is 13.6. The second-order valence-corrected chi connectivity index (χ2v) is 5.14. The molecule has 5 nitrogen and oxygen atoms in total. The van der Waals surface area contributed by atoms with Crippen LogP contribution in [0.2, 0.25) is 0 Å². The number of aromatic nitrogens is 2. The van der Waals surface area contributed by atoms with Gasteiger partial charge in [0.1, 0.15) is 19.0 Å². The Kier molecular flexibility index (Phi) is 3.10. The van der Waals surface area contributed by atoms with Gasteiger partial charge in [-0.15, -0.1) is 0 Å². The predicted octanol–water partition coefficient (Wildman–Crippen LogP) is 2.76. The number of aromatic amines is 1. The summed E-state index contributed by atoms with van der Waals surface area (Å²) in [6, 6.07) is 1.93. The van der Waals surface area contributed by atoms with E-state index < -0.39 is 0 Å². The number of halogens is 1. The number of nitrogen functional groups attached to an aromatic ring is 1. The molecule has 3 N–H and O–H groups in total. The average Bonchev–Trinajstić information content (AvgIpc) is 2.83. The predicted molar refractivity (Wildman–Crippen MR) is 76.5 cm³/mol. The molecule has 2 aromatic rings. The molecule has 0 radical (unpaired) electrons. The summed E-state index contributed by atoms with van der Waals surface area (Å²) in [6.07, 6.45) is 2.55. The number of ether oxygens (including phenoxy) is 2. The summed E-state index contributed by atoms with van der Waals surface area (Å²) in [5, 5.41) is 6.74. The van der Waals surface area contributed by atoms with Gasteiger partial charge in [-0.3, -0.25) is 5.10 Å². The minimum absolute atomic E-state index is 0.548. The van der Waals surface area contributed by atoms with Crippen LogP contribution < -0.4 is 15.2 Å². The average molecular weight is 324 g/mol. The van der Waals surface area contributed by atoms with Crippen molar-refractivity contribution in [2.45, 2.75) is 13.3 Å². The Balaban J connectivity index is 2.27. The highest BCUT2D eigenvalue weighted by atomic mass is 79.9. The zero-order chi connectivity index (χ0) is 13.4. The number of nitrogens with zero attached hydrogens (tertiary/aromatic N) is 1. The van der Waals surface area contributed by atoms with Crippen LogP contribution in [0.1, 0.15) is 12.5 Å². The maximum Gasteiger partial charge on any atom is 0.165 e. The molecule has 0 saturated carbocycles. The third-order valence-corrected chi connectivity index (χ3v) is 3.80. The van der Waals surface area contributed by atoms with Crippen molar-refractivity contribution in [1.29, 1.82) is 0 Å². The first kappa shape index (κ1) is 12.3. The van der Waals surface area contributed by atoms with Gasteiger partial charge in [-0.1, -0.05) is 6.92 Å². The molecule has 3 rings (SSSR count). The van der Waals surface area contributed by atoms with E-state index in [1.807, 2.05) is 6.07 Å². The topological polar surface area (TPSA) is 73.2 Å². The molecule has 0 bridgehead atoms. The van der Waals surface area contributed by atoms with Gasteiger partial charge in [0.15, 0.2) is 11.5 Å². The van der Waals surface area contributed by atoms with Crippen LogP contribution in [-0.4, -0.2) is 23.4 Å². The highest BCUT2D eigenvalue weighted by molar-refractivity contribution is 9.10. The van der Waals surface area contributed by atoms with Crippen molar-refractivity contribution < 1.29 is 9.47 Å². The van der Waals surface area contributed by atoms with Gasteiger partial charge in [0.25, 0.3) is 0 Å². The van der Waals surface area contributed by atoms with Gasteiger partial charge in [-0.25, -0.2) is 0 Å². The molecule has 0 atom stereocenters. The maximum absolute atomic E-state index is 5.93. The molecule has 1 aliphatic heterocycles. The molecule has 1 aromatic carbocycles. The Bertz CT molecular complexity index is 625. The number of rotatable bonds is 2. The van der Waals surface area contributed by atoms with E-state index >= 15 is 0 Å². The molecule has 0 amide bonds. The van der Waals surface area contributed by atoms with E-state index in [2.05, 4.69) is 33.1 Å². The fraction of sp³-hybridized carbons (Fsp3) is 0.308. The second kappa shape index (κ2) is 4.77. The van der Waals surface area contributed by atoms with Crippen LogP contribution in [0.3, 0.4) is 0 Å². The first-order valence-corrected chi connectivity index (χ1v) is 6.91. The lowest BCUT2D eigenvalue weighted by Crippen LogP contribution is -2.17. The molecule has 2 heterocycles. The fourth-order valence-electron chi connectivity index (χ4n) is 2.34. The highest BCUT2D eigenvalue weighted by Gasteiger charge is 2.23. The number of benzene rings is 1. The summed E-state index contributed by atoms with van der Waals surface area (Å²) in [7, 11) is 0. The van der Waals surface area contributed by atoms with Crippen molar-refractivity contribution in [3.63, 3.8) is 0 Å². The zero-order valence-corrected chi connectivity index (χ0v) is 12.1. The Morgan fingerprint density at radius 3 is 2.89 bits per heavy atom. The number of hydrogen-bond acceptors (Lipinski definition) is 4. The molecular formula is C13H14BrN3O2. The van der Waals surface area contributed by atoms with Gasteiger partial charge in [-0.2, -0.15) is 5.10 Å². The molecule has 19 heavy (non-hydrogen) atoms. The van der Waals surface area contributed by atoms with Crippen LogP contribution >= 0.6 is 15.9 Å². The van der Waals surface area contributed by atoms with E-state index in [1.54, 1.807) is 6.20 Å². The number of anilines is 1. The molecule has 0 aliphatic carbocycles. The van der Waals surface area contributed by atoms with Gasteiger partial charge in [-0.05, 0) is 28.4 Å². The van der Waals surface area contributed by atoms with Crippen molar-refractivity contribution in [3.05, 3.63) is 22.3 Å². The van der Waals surface area contributed by atoms with Crippen molar-refractivity contribution in [1.82, 2.24) is 10.2 Å². The zero-order valence-electron chi connectivity index (χ0n) is 10.5. The lowest BCUT2D eigenvalue weighted by atomic mass is 9.98. The molecule has 0 fully saturated rings. The number of fused-ring (bicyclic) bond motifs is 1. The number of nitrogens with two attached hydrogens (primary N) is 1. The van der Waals surface area contributed by atoms with Crippen LogP contribution in [0.5, 0.6) is 11.5 Å². The summed E-state index contributed by atoms with van der Waals surface area (Å²) < 4.78 is 12.3. The molecular weight excluding hydrogens is 310 g/mol. The van der Waals surface area contributed by atoms with Gasteiger partial charge < -0.3 is 15.2 Å². The Morgan fingerprint density at radius 1 is 1.42 bits per heavy atom. The van der Waals surface area contributed by atoms with Crippen LogP contribution in [0.25, 0.3) is 11.1 Å². The van der Waals surface area contributed by atoms with E-state index in [0.29, 0.717) is 19.0 Å². The third-order valence-electron chi connectivity index (χ3n) is 3.18. The molecule has 1 aliphatic rings. The first-order valence-electron chi connectivity index (χ1n) is 6.12. The minimum atomic E-state index is 0.548. The summed E-state index contributed by atoms with van der Waals surface area (Å²) in [5.74, 6) is 2.14. The lowest BCUT2D eigenvalue weighted by molar-refractivity contribution is 0.170. The Hall–Kier alpha value is -1.69. The van der Waals surface area contributed by atoms with E-state index in [4.69, 9.17) is 15.2 Å². The first-order chi connectivity index (χ1) is 9.22. The SMILES string of the molecule is CCc1c2c(cc(Br)c1-c1cn[nH]c1N)OCCO2. The van der Waals surface area contributed by atoms with Crippen molar-refractivity contribution in [2.24, 2.45) is 0 Å². The molecule has 100 valence electrons. The monoisotopic (exact) mass is 323 g/mol. The van der Waals surface area contributed by atoms with Crippen molar-refractivity contribution in [3.8, 4) is 22.6 Å². The molecule has 6 heteroatoms. The van der Waals surface area contributed by atoms with E-state index in [1.165, 1.54) is 0 Å². The van der Waals surface area contributed by atoms with E-state index in [-0.39, 0.29) is 0 Å². The van der Waals surface area contributed by atoms with Crippen molar-refractivity contribution >= 4 is 21.7 Å². The summed E-state index contributed by atoms with van der Waals surface area (Å²) >= 11 is 3.59. The van der Waals surface area contributed by atoms with Crippen LogP contribution in [0.15, 0.2) is 16.7 Å². The molecule has 0 unspecified atom stereocenters. The van der Waals surface area contributed by atoms with Gasteiger partial charge in [0.2, 0.25) is 0 Å². The van der Waals surface area contributed by atoms with Crippen LogP contribution in [-0.2, 0) is 6.42 Å². The molecule has 0 spiro atoms. The van der Waals surface area contributed by atoms with E-state index in [0.717, 1.165) is 39.1 Å². The van der Waals surface area contributed by atoms with Crippen LogP contribution in [0.4, 0.5) is 5.82 Å². The van der Waals surface area contributed by atoms with Gasteiger partial charge >= 0.3 is 0 Å². The standard InChI is InChI=1S/C13H14BrN3O2/c1-2-7-11(8-6-16-17-13(8)15)9(14)5-10-12(7)19-4-3-18-10/h5-6H,2-4H2,1H3,(H3,15,16,17). The number of H-pyrrole nitrogens is 1. The summed E-state index contributed by atoms with van der Waals surface area (Å²) in [5.41, 5.74) is 8.90. The lowest BCUT2D eigenvalue weighted by Gasteiger charge is -2.23. The summed E-state index contributed by atoms with van der Waals surface area (Å²) in [4.78, 5) is 0. The highest BCUT2D eigenvalue weighted by Crippen LogP contribution is 2.45. The molecule has 0 saturated heterocycles. The summed E-state index contributed by atoms with van der Waals surface area (Å²) in [6.45, 7) is 3.23. The number of nitrogens with one attached hydrogen (secondary N) is 1. The third kappa shape index (κ3) is 1.96. The second-order valence-electron chi connectivity index (χ2n) is 4.29. The maximum atomic E-state index is 5.93. The van der Waals surface area contributed by atoms with E-state index in [9.17, 15) is 0 Å². The fourth-order valence-corrected chi connectivity index (χ4v) is 3.00.